The minimum atomic E-state index is -1.29. The molecule has 10 heteroatoms. The first-order valence-electron chi connectivity index (χ1n) is 9.92. The van der Waals surface area contributed by atoms with E-state index in [1.165, 1.54) is 23.2 Å². The second-order valence-corrected chi connectivity index (χ2v) is 9.25. The Bertz CT molecular complexity index is 1360. The third-order valence-electron chi connectivity index (χ3n) is 5.26. The van der Waals surface area contributed by atoms with Gasteiger partial charge in [0.05, 0.1) is 40.3 Å². The van der Waals surface area contributed by atoms with Crippen molar-refractivity contribution in [1.82, 2.24) is 19.7 Å². The maximum atomic E-state index is 14.8. The molecular formula is C22H17ClFN5O2S. The van der Waals surface area contributed by atoms with Crippen molar-refractivity contribution < 1.29 is 13.4 Å². The van der Waals surface area contributed by atoms with E-state index in [0.29, 0.717) is 45.0 Å². The number of fused-ring (bicyclic) bond motifs is 2. The predicted octanol–water partition coefficient (Wildman–Crippen LogP) is 3.98. The van der Waals surface area contributed by atoms with Crippen LogP contribution >= 0.6 is 11.6 Å². The lowest BCUT2D eigenvalue weighted by Crippen LogP contribution is -2.32. The number of carbonyl (C=O) groups excluding carboxylic acids is 1. The molecule has 162 valence electrons. The monoisotopic (exact) mass is 469 g/mol. The Morgan fingerprint density at radius 2 is 2.12 bits per heavy atom. The Kier molecular flexibility index (Phi) is 5.44. The number of pyridine rings is 2. The molecule has 0 radical (unpaired) electrons. The van der Waals surface area contributed by atoms with Crippen LogP contribution in [0.15, 0.2) is 60.0 Å². The molecule has 1 amide bonds. The fraction of sp³-hybridized carbons (Fsp3) is 0.182. The fourth-order valence-electron chi connectivity index (χ4n) is 3.79. The SMILES string of the molecule is O=C(c1cccnc1)N(Cc1cc(F)c2ccc(Cl)nc2c1)c1cnn2c1S(=O)CCC2. The molecular weight excluding hydrogens is 453 g/mol. The Morgan fingerprint density at radius 1 is 1.25 bits per heavy atom. The Morgan fingerprint density at radius 3 is 2.94 bits per heavy atom. The summed E-state index contributed by atoms with van der Waals surface area (Å²) in [6.07, 6.45) is 5.33. The van der Waals surface area contributed by atoms with Crippen LogP contribution in [0.4, 0.5) is 10.1 Å². The molecule has 0 saturated carbocycles. The van der Waals surface area contributed by atoms with Gasteiger partial charge in [0.1, 0.15) is 16.0 Å². The third kappa shape index (κ3) is 3.78. The summed E-state index contributed by atoms with van der Waals surface area (Å²) in [6, 6.07) is 9.48. The van der Waals surface area contributed by atoms with E-state index in [1.807, 2.05) is 0 Å². The average molecular weight is 470 g/mol. The van der Waals surface area contributed by atoms with Gasteiger partial charge >= 0.3 is 0 Å². The zero-order chi connectivity index (χ0) is 22.2. The van der Waals surface area contributed by atoms with Crippen molar-refractivity contribution in [3.05, 3.63) is 77.1 Å². The maximum Gasteiger partial charge on any atom is 0.260 e. The number of aryl methyl sites for hydroxylation is 1. The summed E-state index contributed by atoms with van der Waals surface area (Å²) in [5, 5.41) is 5.42. The van der Waals surface area contributed by atoms with Crippen molar-refractivity contribution in [2.75, 3.05) is 10.7 Å². The summed E-state index contributed by atoms with van der Waals surface area (Å²) >= 11 is 5.99. The first-order chi connectivity index (χ1) is 15.5. The lowest BCUT2D eigenvalue weighted by atomic mass is 10.1. The van der Waals surface area contributed by atoms with Crippen LogP contribution in [-0.4, -0.2) is 35.6 Å². The minimum absolute atomic E-state index is 0.0324. The van der Waals surface area contributed by atoms with Gasteiger partial charge in [0.2, 0.25) is 0 Å². The highest BCUT2D eigenvalue weighted by Crippen LogP contribution is 2.31. The molecule has 3 aromatic heterocycles. The topological polar surface area (TPSA) is 81.0 Å². The first-order valence-corrected chi connectivity index (χ1v) is 11.6. The van der Waals surface area contributed by atoms with E-state index in [0.717, 1.165) is 6.42 Å². The number of nitrogens with zero attached hydrogens (tertiary/aromatic N) is 5. The van der Waals surface area contributed by atoms with Crippen LogP contribution in [0.25, 0.3) is 10.9 Å². The van der Waals surface area contributed by atoms with Crippen LogP contribution in [0.3, 0.4) is 0 Å². The molecule has 1 unspecified atom stereocenters. The van der Waals surface area contributed by atoms with E-state index < -0.39 is 16.6 Å². The van der Waals surface area contributed by atoms with E-state index in [9.17, 15) is 13.4 Å². The number of hydrogen-bond donors (Lipinski definition) is 0. The molecule has 0 bridgehead atoms. The Labute approximate surface area is 190 Å². The molecule has 0 saturated heterocycles. The van der Waals surface area contributed by atoms with Crippen molar-refractivity contribution in [3.63, 3.8) is 0 Å². The van der Waals surface area contributed by atoms with E-state index >= 15 is 0 Å². The predicted molar refractivity (Wildman–Crippen MR) is 120 cm³/mol. The normalized spacial score (nSPS) is 15.5. The lowest BCUT2D eigenvalue weighted by Gasteiger charge is -2.24. The van der Waals surface area contributed by atoms with Crippen molar-refractivity contribution >= 4 is 44.9 Å². The minimum Gasteiger partial charge on any atom is -0.300 e. The Hall–Kier alpha value is -3.17. The maximum absolute atomic E-state index is 14.8. The summed E-state index contributed by atoms with van der Waals surface area (Å²) in [5.41, 5.74) is 1.71. The highest BCUT2D eigenvalue weighted by atomic mass is 35.5. The molecule has 0 spiro atoms. The molecule has 0 aliphatic carbocycles. The molecule has 5 rings (SSSR count). The second-order valence-electron chi connectivity index (χ2n) is 7.37. The molecule has 1 atom stereocenters. The summed E-state index contributed by atoms with van der Waals surface area (Å²) in [6.45, 7) is 0.660. The van der Waals surface area contributed by atoms with Gasteiger partial charge in [0.15, 0.2) is 0 Å². The summed E-state index contributed by atoms with van der Waals surface area (Å²) in [4.78, 5) is 23.2. The molecule has 4 heterocycles. The summed E-state index contributed by atoms with van der Waals surface area (Å²) in [5.74, 6) is -0.312. The largest absolute Gasteiger partial charge is 0.300 e. The van der Waals surface area contributed by atoms with Crippen LogP contribution in [0.1, 0.15) is 22.3 Å². The molecule has 4 aromatic rings. The van der Waals surface area contributed by atoms with Gasteiger partial charge in [-0.25, -0.2) is 9.37 Å². The number of aromatic nitrogens is 4. The van der Waals surface area contributed by atoms with Gasteiger partial charge < -0.3 is 0 Å². The number of hydrogen-bond acceptors (Lipinski definition) is 5. The average Bonchev–Trinajstić information content (AvgIpc) is 3.22. The highest BCUT2D eigenvalue weighted by molar-refractivity contribution is 7.85. The molecule has 1 aliphatic rings. The van der Waals surface area contributed by atoms with Gasteiger partial charge in [-0.3, -0.25) is 23.6 Å². The number of amides is 1. The number of halogens is 2. The third-order valence-corrected chi connectivity index (χ3v) is 6.98. The van der Waals surface area contributed by atoms with Gasteiger partial charge in [-0.1, -0.05) is 11.6 Å². The standard InChI is InChI=1S/C22H17ClFN5O2S/c23-20-5-4-16-17(24)9-14(10-18(16)27-20)13-28(21(30)15-3-1-6-25-11-15)19-12-26-29-7-2-8-32(31)22(19)29/h1,3-6,9-12H,2,7-8,13H2. The van der Waals surface area contributed by atoms with Crippen LogP contribution in [0, 0.1) is 5.82 Å². The van der Waals surface area contributed by atoms with Gasteiger partial charge in [0, 0.05) is 30.1 Å². The molecule has 0 N–H and O–H groups in total. The quantitative estimate of drug-likeness (QED) is 0.422. The van der Waals surface area contributed by atoms with Gasteiger partial charge in [-0.05, 0) is 48.4 Å². The van der Waals surface area contributed by atoms with Crippen molar-refractivity contribution in [3.8, 4) is 0 Å². The van der Waals surface area contributed by atoms with Crippen LogP contribution in [0.2, 0.25) is 5.15 Å². The molecule has 7 nitrogen and oxygen atoms in total. The second kappa shape index (κ2) is 8.40. The molecule has 0 fully saturated rings. The van der Waals surface area contributed by atoms with Gasteiger partial charge in [0.25, 0.3) is 5.91 Å². The van der Waals surface area contributed by atoms with Crippen molar-refractivity contribution in [1.29, 1.82) is 0 Å². The Balaban J connectivity index is 1.61. The smallest absolute Gasteiger partial charge is 0.260 e. The van der Waals surface area contributed by atoms with Crippen molar-refractivity contribution in [2.45, 2.75) is 24.5 Å². The molecule has 1 aliphatic heterocycles. The number of rotatable bonds is 4. The summed E-state index contributed by atoms with van der Waals surface area (Å²) < 4.78 is 29.2. The van der Waals surface area contributed by atoms with E-state index in [4.69, 9.17) is 11.6 Å². The molecule has 1 aromatic carbocycles. The van der Waals surface area contributed by atoms with Gasteiger partial charge in [-0.15, -0.1) is 0 Å². The molecule has 32 heavy (non-hydrogen) atoms. The van der Waals surface area contributed by atoms with Gasteiger partial charge in [-0.2, -0.15) is 5.10 Å². The fourth-order valence-corrected chi connectivity index (χ4v) is 5.30. The lowest BCUT2D eigenvalue weighted by molar-refractivity contribution is 0.0984. The zero-order valence-electron chi connectivity index (χ0n) is 16.7. The number of anilines is 1. The van der Waals surface area contributed by atoms with Crippen LogP contribution < -0.4 is 4.90 Å². The zero-order valence-corrected chi connectivity index (χ0v) is 18.3. The van der Waals surface area contributed by atoms with Crippen molar-refractivity contribution in [2.24, 2.45) is 0 Å². The number of benzene rings is 1. The van der Waals surface area contributed by atoms with Crippen LogP contribution in [-0.2, 0) is 23.9 Å². The van der Waals surface area contributed by atoms with E-state index in [1.54, 1.807) is 41.3 Å². The van der Waals surface area contributed by atoms with E-state index in [2.05, 4.69) is 15.1 Å². The first kappa shape index (κ1) is 20.7. The summed E-state index contributed by atoms with van der Waals surface area (Å²) in [7, 11) is -1.29. The highest BCUT2D eigenvalue weighted by Gasteiger charge is 2.29. The number of carbonyl (C=O) groups is 1. The van der Waals surface area contributed by atoms with E-state index in [-0.39, 0.29) is 17.6 Å². The van der Waals surface area contributed by atoms with Crippen LogP contribution in [0.5, 0.6) is 0 Å².